The van der Waals surface area contributed by atoms with Crippen LogP contribution in [-0.4, -0.2) is 115 Å². The SMILES string of the molecule is OC[C@@H]1O[C@H](OCCOc2cc(-c3ccccn3)nc(-c3ccccn3)c2)[C@@H](O)[C@H](O)[C@H]1O.[O-2].[O-][Cl+3]([O-])([O-])O.[O-][Cl+3]([O-])([O-])O.[V+4].c1cc2ccc3ccc(-c4nc5c6cccnc6c6ncccc6c5[nH]4)c4ccc(c1)c2c34. The quantitative estimate of drug-likeness (QED) is 0.0691. The van der Waals surface area contributed by atoms with E-state index in [1.54, 1.807) is 24.5 Å². The molecule has 5 aromatic carbocycles. The Hall–Kier alpha value is -6.76. The molecule has 1 aliphatic heterocycles. The molecule has 0 saturated carbocycles. The molecule has 0 bridgehead atoms. The van der Waals surface area contributed by atoms with Crippen LogP contribution in [0, 0.1) is 20.5 Å². The number of aliphatic hydroxyl groups is 4. The van der Waals surface area contributed by atoms with E-state index < -0.39 is 57.8 Å². The first-order valence-electron chi connectivity index (χ1n) is 22.8. The van der Waals surface area contributed by atoms with E-state index in [1.165, 1.54) is 32.3 Å². The van der Waals surface area contributed by atoms with Crippen molar-refractivity contribution < 1.29 is 116 Å². The van der Waals surface area contributed by atoms with Crippen molar-refractivity contribution in [3.63, 3.8) is 0 Å². The van der Waals surface area contributed by atoms with E-state index in [4.69, 9.17) is 56.5 Å². The number of H-pyrrole nitrogens is 1. The number of imidazole rings is 1. The molecule has 7 heterocycles. The molecule has 1 aliphatic rings. The Morgan fingerprint density at radius 1 is 0.538 bits per heavy atom. The summed E-state index contributed by atoms with van der Waals surface area (Å²) in [4.78, 5) is 31.4. The Morgan fingerprint density at radius 3 is 1.65 bits per heavy atom. The largest absolute Gasteiger partial charge is 4.00 e. The van der Waals surface area contributed by atoms with E-state index in [2.05, 4.69) is 96.6 Å². The average Bonchev–Trinajstić information content (AvgIpc) is 4.02. The van der Waals surface area contributed by atoms with Gasteiger partial charge in [-0.25, -0.2) is 9.97 Å². The zero-order valence-corrected chi connectivity index (χ0v) is 43.0. The standard InChI is InChI=1S/C29H16N4.C23H25N3O7.2ClHO4.O.V/c1-4-16-8-9-18-11-13-20(19-12-10-17(5-1)23(16)24(18)19)29-32-27-21-6-2-14-30-25(21)26-22(28(27)33-29)7-3-15-31-26;27-13-19-20(28)21(29)22(30)23(33-19)32-10-9-31-14-11-17(15-5-1-3-7-24-15)26-18(12-14)16-6-2-4-8-25-16;2*2-1(3,4)5;;/h1-15H,(H,32,33);1-8,11-12,19-23,27-30H,9-10,13H2;2*(H,2,3,4,5);;/q;;;;-2;+4/t;19-,20-,21+,22-,23-;;;;/m.0..../s1. The van der Waals surface area contributed by atoms with Gasteiger partial charge in [-0.2, -0.15) is 28.0 Å². The second kappa shape index (κ2) is 25.4. The summed E-state index contributed by atoms with van der Waals surface area (Å²) >= 11 is 0. The number of aromatic amines is 1. The molecule has 0 spiro atoms. The van der Waals surface area contributed by atoms with Gasteiger partial charge in [0.2, 0.25) is 0 Å². The molecule has 7 N–H and O–H groups in total. The number of aromatic nitrogens is 7. The number of hydrogen-bond acceptors (Lipinski definition) is 21. The van der Waals surface area contributed by atoms with Crippen LogP contribution in [0.5, 0.6) is 5.75 Å². The van der Waals surface area contributed by atoms with Crippen molar-refractivity contribution in [3.8, 4) is 39.9 Å². The molecule has 78 heavy (non-hydrogen) atoms. The Balaban J connectivity index is 0.000000189. The van der Waals surface area contributed by atoms with Crippen molar-refractivity contribution in [3.05, 3.63) is 152 Å². The summed E-state index contributed by atoms with van der Waals surface area (Å²) in [7, 11) is -9.39. The van der Waals surface area contributed by atoms with Gasteiger partial charge in [0.1, 0.15) is 42.6 Å². The number of pyridine rings is 5. The summed E-state index contributed by atoms with van der Waals surface area (Å²) in [6, 6.07) is 42.4. The summed E-state index contributed by atoms with van der Waals surface area (Å²) in [5.41, 5.74) is 7.40. The van der Waals surface area contributed by atoms with Gasteiger partial charge >= 0.3 is 18.6 Å². The Kier molecular flexibility index (Phi) is 19.2. The van der Waals surface area contributed by atoms with Gasteiger partial charge in [-0.1, -0.05) is 66.7 Å². The number of nitrogens with one attached hydrogen (secondary N) is 1. The molecular weight excluding hydrogens is 1100 g/mol. The predicted octanol–water partition coefficient (Wildman–Crippen LogP) is -0.745. The third-order valence-electron chi connectivity index (χ3n) is 12.0. The Bertz CT molecular complexity index is 3580. The Morgan fingerprint density at radius 2 is 1.08 bits per heavy atom. The molecule has 0 unspecified atom stereocenters. The Labute approximate surface area is 456 Å². The van der Waals surface area contributed by atoms with Crippen molar-refractivity contribution >= 4 is 65.2 Å². The number of aliphatic hydroxyl groups excluding tert-OH is 4. The van der Waals surface area contributed by atoms with Crippen LogP contribution >= 0.6 is 0 Å². The molecule has 6 aromatic heterocycles. The minimum Gasteiger partial charge on any atom is -2.00 e. The molecule has 1 radical (unpaired) electrons. The van der Waals surface area contributed by atoms with Crippen molar-refractivity contribution in [1.82, 2.24) is 34.9 Å². The van der Waals surface area contributed by atoms with Crippen molar-refractivity contribution in [1.29, 1.82) is 0 Å². The van der Waals surface area contributed by atoms with Crippen LogP contribution in [0.15, 0.2) is 152 Å². The normalized spacial score (nSPS) is 17.3. The molecule has 399 valence electrons. The fraction of sp³-hybridized carbons (Fsp3) is 0.154. The van der Waals surface area contributed by atoms with Gasteiger partial charge in [-0.3, -0.25) is 19.9 Å². The van der Waals surface area contributed by atoms with Crippen LogP contribution in [0.4, 0.5) is 0 Å². The van der Waals surface area contributed by atoms with Gasteiger partial charge in [-0.15, -0.1) is 0 Å². The molecule has 12 rings (SSSR count). The molecule has 0 amide bonds. The fourth-order valence-electron chi connectivity index (χ4n) is 8.82. The molecule has 1 saturated heterocycles. The molecule has 1 fully saturated rings. The summed E-state index contributed by atoms with van der Waals surface area (Å²) in [5, 5.41) is 48.7. The van der Waals surface area contributed by atoms with Gasteiger partial charge in [-0.05, 0) is 80.8 Å². The fourth-order valence-corrected chi connectivity index (χ4v) is 8.82. The van der Waals surface area contributed by atoms with Gasteiger partial charge in [0.05, 0.1) is 87.9 Å². The van der Waals surface area contributed by atoms with Gasteiger partial charge in [0.15, 0.2) is 6.29 Å². The summed E-state index contributed by atoms with van der Waals surface area (Å²) in [6.07, 6.45) is 0.355. The minimum absolute atomic E-state index is 0. The number of ether oxygens (including phenoxy) is 3. The molecule has 0 aliphatic carbocycles. The summed E-state index contributed by atoms with van der Waals surface area (Å²) in [5.74, 6) is 1.38. The van der Waals surface area contributed by atoms with Crippen molar-refractivity contribution in [2.45, 2.75) is 30.7 Å². The molecule has 11 aromatic rings. The third kappa shape index (κ3) is 13.7. The van der Waals surface area contributed by atoms with Gasteiger partial charge in [0, 0.05) is 53.3 Å². The van der Waals surface area contributed by atoms with E-state index in [1.807, 2.05) is 60.9 Å². The number of rotatable bonds is 9. The maximum absolute atomic E-state index is 10.1. The summed E-state index contributed by atoms with van der Waals surface area (Å²) in [6.45, 7) is -0.407. The minimum atomic E-state index is -4.69. The number of hydrogen-bond donors (Lipinski definition) is 7. The van der Waals surface area contributed by atoms with Crippen LogP contribution in [0.2, 0.25) is 0 Å². The molecular formula is C52H43Cl2N7O16V+2. The van der Waals surface area contributed by atoms with Crippen LogP contribution in [0.25, 0.3) is 99.3 Å². The van der Waals surface area contributed by atoms with Crippen LogP contribution in [-0.2, 0) is 33.5 Å². The first-order valence-corrected chi connectivity index (χ1v) is 25.3. The van der Waals surface area contributed by atoms with Crippen LogP contribution in [0.3, 0.4) is 0 Å². The average molecular weight is 1140 g/mol. The summed E-state index contributed by atoms with van der Waals surface area (Å²) < 4.78 is 82.1. The van der Waals surface area contributed by atoms with Crippen molar-refractivity contribution in [2.75, 3.05) is 19.8 Å². The zero-order chi connectivity index (χ0) is 53.7. The van der Waals surface area contributed by atoms with Crippen LogP contribution in [0.1, 0.15) is 0 Å². The first-order chi connectivity index (χ1) is 36.4. The number of fused-ring (bicyclic) bond motifs is 6. The van der Waals surface area contributed by atoms with Crippen LogP contribution < -0.4 is 32.7 Å². The van der Waals surface area contributed by atoms with E-state index in [-0.39, 0.29) is 37.2 Å². The second-order valence-corrected chi connectivity index (χ2v) is 18.4. The monoisotopic (exact) mass is 1140 g/mol. The van der Waals surface area contributed by atoms with E-state index in [0.29, 0.717) is 28.5 Å². The maximum Gasteiger partial charge on any atom is 4.00 e. The number of halogens is 2. The smallest absolute Gasteiger partial charge is 2.00 e. The van der Waals surface area contributed by atoms with Gasteiger partial charge < -0.3 is 45.1 Å². The van der Waals surface area contributed by atoms with E-state index in [9.17, 15) is 20.4 Å². The molecule has 5 atom stereocenters. The topological polar surface area (TPSA) is 409 Å². The van der Waals surface area contributed by atoms with Gasteiger partial charge in [0.25, 0.3) is 0 Å². The zero-order valence-electron chi connectivity index (χ0n) is 40.1. The predicted molar refractivity (Wildman–Crippen MR) is 257 cm³/mol. The maximum atomic E-state index is 10.1. The number of benzene rings is 5. The second-order valence-electron chi connectivity index (χ2n) is 16.8. The van der Waals surface area contributed by atoms with Crippen molar-refractivity contribution in [2.24, 2.45) is 0 Å². The third-order valence-corrected chi connectivity index (χ3v) is 12.0. The van der Waals surface area contributed by atoms with E-state index >= 15 is 0 Å². The molecule has 23 nitrogen and oxygen atoms in total. The molecule has 26 heteroatoms. The number of nitrogens with zero attached hydrogens (tertiary/aromatic N) is 6. The van der Waals surface area contributed by atoms with E-state index in [0.717, 1.165) is 44.2 Å². The first kappa shape index (κ1) is 58.9.